The maximum Gasteiger partial charge on any atom is 0.469 e. The number of aryl methyl sites for hydroxylation is 1. The van der Waals surface area contributed by atoms with E-state index in [1.807, 2.05) is 17.6 Å². The predicted octanol–water partition coefficient (Wildman–Crippen LogP) is 2.67. The van der Waals surface area contributed by atoms with Crippen LogP contribution in [-0.4, -0.2) is 48.5 Å². The van der Waals surface area contributed by atoms with Crippen LogP contribution in [-0.2, 0) is 13.8 Å². The first-order valence-electron chi connectivity index (χ1n) is 9.88. The maximum absolute atomic E-state index is 12.3. The molecule has 0 saturated heterocycles. The summed E-state index contributed by atoms with van der Waals surface area (Å²) < 4.78 is 23.5. The van der Waals surface area contributed by atoms with Gasteiger partial charge in [0.15, 0.2) is 5.65 Å². The Morgan fingerprint density at radius 2 is 1.84 bits per heavy atom. The van der Waals surface area contributed by atoms with E-state index in [4.69, 9.17) is 19.0 Å². The fraction of sp³-hybridized carbons (Fsp3) is 0.400. The number of hydrogen-bond acceptors (Lipinski definition) is 7. The van der Waals surface area contributed by atoms with Crippen molar-refractivity contribution >= 4 is 25.0 Å². The van der Waals surface area contributed by atoms with Gasteiger partial charge in [0.2, 0.25) is 0 Å². The Kier molecular flexibility index (Phi) is 6.15. The number of benzene rings is 1. The fourth-order valence-corrected chi connectivity index (χ4v) is 4.47. The first kappa shape index (κ1) is 21.6. The molecule has 3 atom stereocenters. The molecule has 2 heterocycles. The van der Waals surface area contributed by atoms with Crippen molar-refractivity contribution in [3.8, 4) is 0 Å². The summed E-state index contributed by atoms with van der Waals surface area (Å²) in [5.41, 5.74) is 2.64. The van der Waals surface area contributed by atoms with Crippen LogP contribution in [0.1, 0.15) is 34.9 Å². The molecule has 1 fully saturated rings. The Morgan fingerprint density at radius 3 is 2.55 bits per heavy atom. The van der Waals surface area contributed by atoms with E-state index >= 15 is 0 Å². The molecule has 10 nitrogen and oxygen atoms in total. The summed E-state index contributed by atoms with van der Waals surface area (Å²) in [6.45, 7) is 1.85. The average Bonchev–Trinajstić information content (AvgIpc) is 3.35. The van der Waals surface area contributed by atoms with Gasteiger partial charge in [0.1, 0.15) is 11.8 Å². The molecule has 3 unspecified atom stereocenters. The summed E-state index contributed by atoms with van der Waals surface area (Å²) >= 11 is 0. The number of imidazole rings is 1. The van der Waals surface area contributed by atoms with Crippen LogP contribution in [0.3, 0.4) is 0 Å². The van der Waals surface area contributed by atoms with E-state index in [9.17, 15) is 9.36 Å². The average molecular weight is 446 g/mol. The lowest BCUT2D eigenvalue weighted by molar-refractivity contribution is 0.0374. The normalized spacial score (nSPS) is 21.5. The summed E-state index contributed by atoms with van der Waals surface area (Å²) in [6, 6.07) is 8.65. The van der Waals surface area contributed by atoms with Crippen molar-refractivity contribution < 1.29 is 28.4 Å². The van der Waals surface area contributed by atoms with Crippen LogP contribution in [0, 0.1) is 18.8 Å². The molecule has 2 aromatic heterocycles. The van der Waals surface area contributed by atoms with E-state index in [0.29, 0.717) is 29.6 Å². The molecule has 164 valence electrons. The van der Waals surface area contributed by atoms with Crippen LogP contribution in [0.15, 0.2) is 43.0 Å². The predicted molar refractivity (Wildman–Crippen MR) is 110 cm³/mol. The first-order chi connectivity index (χ1) is 14.8. The highest BCUT2D eigenvalue weighted by Crippen LogP contribution is 2.44. The van der Waals surface area contributed by atoms with Gasteiger partial charge in [-0.25, -0.2) is 24.3 Å². The number of carbonyl (C=O) groups is 1. The third-order valence-electron chi connectivity index (χ3n) is 5.65. The number of hydrogen-bond donors (Lipinski definition) is 2. The van der Waals surface area contributed by atoms with Crippen molar-refractivity contribution in [2.75, 3.05) is 13.2 Å². The van der Waals surface area contributed by atoms with Gasteiger partial charge in [-0.15, -0.1) is 0 Å². The Bertz CT molecular complexity index is 1120. The highest BCUT2D eigenvalue weighted by atomic mass is 31.2. The highest BCUT2D eigenvalue weighted by Gasteiger charge is 2.38. The van der Waals surface area contributed by atoms with Gasteiger partial charge in [0.25, 0.3) is 0 Å². The molecule has 0 aliphatic heterocycles. The second-order valence-corrected chi connectivity index (χ2v) is 8.92. The number of carbonyl (C=O) groups excluding carboxylic acids is 1. The Labute approximate surface area is 178 Å². The van der Waals surface area contributed by atoms with Crippen molar-refractivity contribution in [3.05, 3.63) is 54.2 Å². The van der Waals surface area contributed by atoms with E-state index in [0.717, 1.165) is 5.69 Å². The molecule has 1 saturated carbocycles. The van der Waals surface area contributed by atoms with Crippen LogP contribution in [0.4, 0.5) is 0 Å². The Balaban J connectivity index is 1.51. The van der Waals surface area contributed by atoms with Crippen molar-refractivity contribution in [2.24, 2.45) is 11.8 Å². The summed E-state index contributed by atoms with van der Waals surface area (Å²) in [7, 11) is -4.60. The van der Waals surface area contributed by atoms with E-state index in [-0.39, 0.29) is 31.1 Å². The molecule has 0 radical (unpaired) electrons. The lowest BCUT2D eigenvalue weighted by Crippen LogP contribution is -2.21. The molecule has 3 aromatic rings. The fourth-order valence-electron chi connectivity index (χ4n) is 4.08. The highest BCUT2D eigenvalue weighted by molar-refractivity contribution is 7.46. The molecule has 0 spiro atoms. The molecule has 2 N–H and O–H groups in total. The number of fused-ring (bicyclic) bond motifs is 1. The zero-order chi connectivity index (χ0) is 22.0. The number of nitrogens with zero attached hydrogens (tertiary/aromatic N) is 4. The van der Waals surface area contributed by atoms with Crippen molar-refractivity contribution in [2.45, 2.75) is 25.8 Å². The van der Waals surface area contributed by atoms with E-state index in [1.165, 1.54) is 6.33 Å². The van der Waals surface area contributed by atoms with Crippen molar-refractivity contribution in [1.29, 1.82) is 0 Å². The number of esters is 1. The quantitative estimate of drug-likeness (QED) is 0.414. The molecule has 1 aliphatic carbocycles. The molecule has 1 aromatic carbocycles. The van der Waals surface area contributed by atoms with Crippen LogP contribution < -0.4 is 0 Å². The number of phosphoric acid groups is 1. The smallest absolute Gasteiger partial charge is 0.462 e. The third-order valence-corrected chi connectivity index (χ3v) is 6.13. The van der Waals surface area contributed by atoms with Gasteiger partial charge in [-0.1, -0.05) is 18.2 Å². The zero-order valence-corrected chi connectivity index (χ0v) is 17.8. The second kappa shape index (κ2) is 8.84. The second-order valence-electron chi connectivity index (χ2n) is 7.68. The Morgan fingerprint density at radius 1 is 1.13 bits per heavy atom. The molecule has 31 heavy (non-hydrogen) atoms. The van der Waals surface area contributed by atoms with Gasteiger partial charge in [0, 0.05) is 12.0 Å². The molecule has 1 aliphatic rings. The number of rotatable bonds is 7. The minimum Gasteiger partial charge on any atom is -0.462 e. The van der Waals surface area contributed by atoms with E-state index in [2.05, 4.69) is 15.0 Å². The van der Waals surface area contributed by atoms with Crippen LogP contribution in [0.25, 0.3) is 11.2 Å². The maximum atomic E-state index is 12.3. The largest absolute Gasteiger partial charge is 0.469 e. The van der Waals surface area contributed by atoms with Crippen LogP contribution in [0.5, 0.6) is 0 Å². The van der Waals surface area contributed by atoms with Crippen molar-refractivity contribution in [1.82, 2.24) is 19.5 Å². The topological polar surface area (TPSA) is 137 Å². The van der Waals surface area contributed by atoms with E-state index < -0.39 is 13.8 Å². The summed E-state index contributed by atoms with van der Waals surface area (Å²) in [6.07, 6.45) is 4.41. The van der Waals surface area contributed by atoms with Gasteiger partial charge < -0.3 is 19.1 Å². The van der Waals surface area contributed by atoms with Gasteiger partial charge in [-0.05, 0) is 37.8 Å². The van der Waals surface area contributed by atoms with Crippen LogP contribution >= 0.6 is 7.82 Å². The first-order valence-corrected chi connectivity index (χ1v) is 11.4. The minimum atomic E-state index is -4.60. The molecular formula is C20H23N4O6P. The summed E-state index contributed by atoms with van der Waals surface area (Å²) in [4.78, 5) is 43.5. The third kappa shape index (κ3) is 4.99. The molecule has 0 bridgehead atoms. The summed E-state index contributed by atoms with van der Waals surface area (Å²) in [5.74, 6) is -0.777. The SMILES string of the molecule is Cc1ncnc2c1ncn2C1CC(COC(=O)c2ccccc2)C(COP(=O)(O)O)C1. The molecule has 0 amide bonds. The lowest BCUT2D eigenvalue weighted by atomic mass is 9.98. The van der Waals surface area contributed by atoms with Gasteiger partial charge in [-0.2, -0.15) is 0 Å². The van der Waals surface area contributed by atoms with Gasteiger partial charge in [0.05, 0.1) is 30.8 Å². The Hall–Kier alpha value is -2.65. The van der Waals surface area contributed by atoms with Crippen LogP contribution in [0.2, 0.25) is 0 Å². The number of phosphoric ester groups is 1. The summed E-state index contributed by atoms with van der Waals surface area (Å²) in [5, 5.41) is 0. The standard InChI is InChI=1S/C20H23N4O6P/c1-13-18-19(22-11-21-13)24(12-23-18)17-7-15(16(8-17)10-30-31(26,27)28)9-29-20(25)14-5-3-2-4-6-14/h2-6,11-12,15-17H,7-10H2,1H3,(H2,26,27,28). The lowest BCUT2D eigenvalue weighted by Gasteiger charge is -2.19. The number of aromatic nitrogens is 4. The van der Waals surface area contributed by atoms with Gasteiger partial charge in [-0.3, -0.25) is 4.52 Å². The minimum absolute atomic E-state index is 0.0231. The van der Waals surface area contributed by atoms with Gasteiger partial charge >= 0.3 is 13.8 Å². The van der Waals surface area contributed by atoms with E-state index in [1.54, 1.807) is 30.6 Å². The molecular weight excluding hydrogens is 423 g/mol. The monoisotopic (exact) mass is 446 g/mol. The molecule has 11 heteroatoms. The number of ether oxygens (including phenoxy) is 1. The molecule has 4 rings (SSSR count). The van der Waals surface area contributed by atoms with Crippen molar-refractivity contribution in [3.63, 3.8) is 0 Å². The zero-order valence-electron chi connectivity index (χ0n) is 16.9.